The summed E-state index contributed by atoms with van der Waals surface area (Å²) in [6.07, 6.45) is 4.52. The van der Waals surface area contributed by atoms with Crippen LogP contribution >= 0.6 is 0 Å². The number of ether oxygens (including phenoxy) is 2. The molecule has 156 valence electrons. The number of rotatable bonds is 7. The lowest BCUT2D eigenvalue weighted by Crippen LogP contribution is -2.35. The third-order valence-electron chi connectivity index (χ3n) is 4.89. The van der Waals surface area contributed by atoms with Crippen molar-refractivity contribution in [1.82, 2.24) is 4.31 Å². The van der Waals surface area contributed by atoms with E-state index < -0.39 is 10.0 Å². The molecule has 0 spiro atoms. The lowest BCUT2D eigenvalue weighted by molar-refractivity contribution is 0.311. The highest BCUT2D eigenvalue weighted by Crippen LogP contribution is 2.31. The van der Waals surface area contributed by atoms with E-state index >= 15 is 0 Å². The third kappa shape index (κ3) is 4.97. The second kappa shape index (κ2) is 9.41. The molecule has 1 aliphatic heterocycles. The van der Waals surface area contributed by atoms with Gasteiger partial charge in [-0.3, -0.25) is 4.99 Å². The summed E-state index contributed by atoms with van der Waals surface area (Å²) < 4.78 is 38.9. The van der Waals surface area contributed by atoms with Crippen molar-refractivity contribution in [2.45, 2.75) is 38.0 Å². The smallest absolute Gasteiger partial charge is 0.245 e. The summed E-state index contributed by atoms with van der Waals surface area (Å²) in [4.78, 5) is 4.76. The molecular weight excluding hydrogens is 388 g/mol. The van der Waals surface area contributed by atoms with E-state index in [9.17, 15) is 8.42 Å². The predicted octanol–water partition coefficient (Wildman–Crippen LogP) is 4.33. The van der Waals surface area contributed by atoms with Crippen molar-refractivity contribution in [1.29, 1.82) is 0 Å². The molecule has 0 atom stereocenters. The van der Waals surface area contributed by atoms with E-state index in [4.69, 9.17) is 9.47 Å². The molecule has 0 radical (unpaired) electrons. The van der Waals surface area contributed by atoms with Crippen LogP contribution in [-0.2, 0) is 10.0 Å². The van der Waals surface area contributed by atoms with Gasteiger partial charge in [-0.15, -0.1) is 0 Å². The summed E-state index contributed by atoms with van der Waals surface area (Å²) in [6.45, 7) is 5.48. The minimum Gasteiger partial charge on any atom is -0.493 e. The zero-order chi connectivity index (χ0) is 20.9. The Balaban J connectivity index is 1.94. The van der Waals surface area contributed by atoms with Crippen LogP contribution < -0.4 is 9.47 Å². The fourth-order valence-corrected chi connectivity index (χ4v) is 5.10. The predicted molar refractivity (Wildman–Crippen MR) is 115 cm³/mol. The van der Waals surface area contributed by atoms with E-state index in [1.165, 1.54) is 0 Å². The van der Waals surface area contributed by atoms with Crippen molar-refractivity contribution in [2.24, 2.45) is 4.99 Å². The van der Waals surface area contributed by atoms with Gasteiger partial charge in [0.1, 0.15) is 4.90 Å². The summed E-state index contributed by atoms with van der Waals surface area (Å²) in [5, 5.41) is 0. The minimum atomic E-state index is -3.57. The molecule has 0 aromatic heterocycles. The Kier molecular flexibility index (Phi) is 6.92. The molecule has 29 heavy (non-hydrogen) atoms. The molecule has 2 aromatic carbocycles. The van der Waals surface area contributed by atoms with E-state index in [-0.39, 0.29) is 4.90 Å². The number of sulfonamides is 1. The largest absolute Gasteiger partial charge is 0.493 e. The molecule has 1 saturated heterocycles. The maximum Gasteiger partial charge on any atom is 0.245 e. The fraction of sp³-hybridized carbons (Fsp3) is 0.409. The maximum atomic E-state index is 13.2. The molecule has 0 amide bonds. The second-order valence-electron chi connectivity index (χ2n) is 7.04. The molecule has 7 heteroatoms. The Morgan fingerprint density at radius 3 is 2.52 bits per heavy atom. The number of nitrogens with zero attached hydrogens (tertiary/aromatic N) is 2. The molecule has 0 N–H and O–H groups in total. The van der Waals surface area contributed by atoms with Gasteiger partial charge in [0.05, 0.1) is 19.4 Å². The van der Waals surface area contributed by atoms with E-state index in [1.54, 1.807) is 29.8 Å². The molecule has 0 saturated carbocycles. The highest BCUT2D eigenvalue weighted by Gasteiger charge is 2.28. The van der Waals surface area contributed by atoms with Crippen LogP contribution in [0.15, 0.2) is 46.3 Å². The number of aliphatic imine (C=N–C) groups is 1. The van der Waals surface area contributed by atoms with Crippen LogP contribution in [0.5, 0.6) is 11.5 Å². The van der Waals surface area contributed by atoms with Crippen molar-refractivity contribution in [3.05, 3.63) is 47.5 Å². The Hall–Kier alpha value is -2.38. The van der Waals surface area contributed by atoms with Crippen LogP contribution in [0.2, 0.25) is 0 Å². The van der Waals surface area contributed by atoms with E-state index in [2.05, 4.69) is 4.99 Å². The highest BCUT2D eigenvalue weighted by molar-refractivity contribution is 7.89. The quantitative estimate of drug-likeness (QED) is 0.630. The second-order valence-corrected chi connectivity index (χ2v) is 8.94. The number of hydrogen-bond acceptors (Lipinski definition) is 5. The molecule has 2 aromatic rings. The van der Waals surface area contributed by atoms with Gasteiger partial charge < -0.3 is 9.47 Å². The van der Waals surface area contributed by atoms with Crippen LogP contribution in [0.4, 0.5) is 5.69 Å². The summed E-state index contributed by atoms with van der Waals surface area (Å²) in [6, 6.07) is 10.8. The van der Waals surface area contributed by atoms with Gasteiger partial charge in [0.2, 0.25) is 10.0 Å². The van der Waals surface area contributed by atoms with Gasteiger partial charge >= 0.3 is 0 Å². The first-order valence-electron chi connectivity index (χ1n) is 9.91. The molecule has 0 aliphatic carbocycles. The summed E-state index contributed by atoms with van der Waals surface area (Å²) in [5.41, 5.74) is 2.13. The van der Waals surface area contributed by atoms with Gasteiger partial charge in [-0.25, -0.2) is 8.42 Å². The standard InChI is InChI=1S/C22H28N2O4S/c1-4-28-20-11-9-18(15-21(20)27-3)16-23-19-10-8-17(2)14-22(19)29(25,26)24-12-6-5-7-13-24/h8-11,14-16H,4-7,12-13H2,1-3H3. The first-order valence-corrected chi connectivity index (χ1v) is 11.4. The van der Waals surface area contributed by atoms with Gasteiger partial charge in [0.25, 0.3) is 0 Å². The third-order valence-corrected chi connectivity index (χ3v) is 6.82. The maximum absolute atomic E-state index is 13.2. The average molecular weight is 417 g/mol. The van der Waals surface area contributed by atoms with E-state index in [0.29, 0.717) is 36.9 Å². The van der Waals surface area contributed by atoms with Crippen molar-refractivity contribution >= 4 is 21.9 Å². The van der Waals surface area contributed by atoms with Crippen molar-refractivity contribution < 1.29 is 17.9 Å². The van der Waals surface area contributed by atoms with Crippen LogP contribution in [0, 0.1) is 6.92 Å². The van der Waals surface area contributed by atoms with Crippen LogP contribution in [0.1, 0.15) is 37.3 Å². The number of hydrogen-bond donors (Lipinski definition) is 0. The number of aryl methyl sites for hydroxylation is 1. The topological polar surface area (TPSA) is 68.2 Å². The van der Waals surface area contributed by atoms with Crippen molar-refractivity contribution in [3.63, 3.8) is 0 Å². The molecule has 3 rings (SSSR count). The molecule has 0 unspecified atom stereocenters. The van der Waals surface area contributed by atoms with Gasteiger partial charge in [0, 0.05) is 19.3 Å². The molecule has 1 aliphatic rings. The summed E-state index contributed by atoms with van der Waals surface area (Å²) in [5.74, 6) is 1.27. The Bertz CT molecular complexity index is 980. The molecular formula is C22H28N2O4S. The van der Waals surface area contributed by atoms with Crippen molar-refractivity contribution in [3.8, 4) is 11.5 Å². The monoisotopic (exact) mass is 416 g/mol. The van der Waals surface area contributed by atoms with Gasteiger partial charge in [-0.1, -0.05) is 12.5 Å². The number of benzene rings is 2. The van der Waals surface area contributed by atoms with Crippen molar-refractivity contribution in [2.75, 3.05) is 26.8 Å². The fourth-order valence-electron chi connectivity index (χ4n) is 3.36. The SMILES string of the molecule is CCOc1ccc(C=Nc2ccc(C)cc2S(=O)(=O)N2CCCCC2)cc1OC. The first-order chi connectivity index (χ1) is 14.0. The minimum absolute atomic E-state index is 0.258. The Labute approximate surface area is 173 Å². The lowest BCUT2D eigenvalue weighted by Gasteiger charge is -2.26. The Morgan fingerprint density at radius 1 is 1.07 bits per heavy atom. The summed E-state index contributed by atoms with van der Waals surface area (Å²) >= 11 is 0. The van der Waals surface area contributed by atoms with Crippen LogP contribution in [0.3, 0.4) is 0 Å². The van der Waals surface area contributed by atoms with E-state index in [1.807, 2.05) is 38.1 Å². The summed E-state index contributed by atoms with van der Waals surface area (Å²) in [7, 11) is -1.99. The molecule has 1 heterocycles. The number of piperidine rings is 1. The van der Waals surface area contributed by atoms with Crippen LogP contribution in [0.25, 0.3) is 0 Å². The van der Waals surface area contributed by atoms with E-state index in [0.717, 1.165) is 30.4 Å². The van der Waals surface area contributed by atoms with Crippen LogP contribution in [-0.4, -0.2) is 45.7 Å². The molecule has 0 bridgehead atoms. The normalized spacial score (nSPS) is 15.6. The molecule has 1 fully saturated rings. The van der Waals surface area contributed by atoms with Gasteiger partial charge in [-0.05, 0) is 68.1 Å². The first kappa shape index (κ1) is 21.3. The zero-order valence-corrected chi connectivity index (χ0v) is 18.0. The lowest BCUT2D eigenvalue weighted by atomic mass is 10.2. The van der Waals surface area contributed by atoms with Gasteiger partial charge in [0.15, 0.2) is 11.5 Å². The average Bonchev–Trinajstić information content (AvgIpc) is 2.74. The zero-order valence-electron chi connectivity index (χ0n) is 17.2. The molecule has 6 nitrogen and oxygen atoms in total. The van der Waals surface area contributed by atoms with Gasteiger partial charge in [-0.2, -0.15) is 4.31 Å². The highest BCUT2D eigenvalue weighted by atomic mass is 32.2. The Morgan fingerprint density at radius 2 is 1.83 bits per heavy atom. The number of methoxy groups -OCH3 is 1.